The summed E-state index contributed by atoms with van der Waals surface area (Å²) < 4.78 is 24.0. The standard InChI is InChI=1S/C9H11NO3S2/c1-7-5-14-6-8(7)9(11)10-3-2-4-15(10,12)13/h5-6H,2-4H2,1H3. The predicted molar refractivity (Wildman–Crippen MR) is 58.5 cm³/mol. The SMILES string of the molecule is Cc1cscc1C(=O)N1CCCS1(=O)=O. The van der Waals surface area contributed by atoms with Crippen LogP contribution in [0.2, 0.25) is 0 Å². The molecule has 0 aromatic carbocycles. The van der Waals surface area contributed by atoms with Gasteiger partial charge in [0.1, 0.15) is 0 Å². The molecule has 0 spiro atoms. The molecular formula is C9H11NO3S2. The van der Waals surface area contributed by atoms with Crippen LogP contribution in [-0.2, 0) is 10.0 Å². The number of thiophene rings is 1. The molecule has 0 atom stereocenters. The van der Waals surface area contributed by atoms with E-state index in [1.165, 1.54) is 11.3 Å². The summed E-state index contributed by atoms with van der Waals surface area (Å²) in [5.74, 6) is -0.298. The van der Waals surface area contributed by atoms with Crippen LogP contribution >= 0.6 is 11.3 Å². The van der Waals surface area contributed by atoms with Gasteiger partial charge in [-0.2, -0.15) is 11.3 Å². The molecule has 0 N–H and O–H groups in total. The molecule has 0 aliphatic carbocycles. The van der Waals surface area contributed by atoms with Crippen molar-refractivity contribution in [3.8, 4) is 0 Å². The minimum atomic E-state index is -3.34. The molecule has 6 heteroatoms. The summed E-state index contributed by atoms with van der Waals surface area (Å²) in [6.07, 6.45) is 0.539. The van der Waals surface area contributed by atoms with Gasteiger partial charge in [-0.3, -0.25) is 4.79 Å². The Bertz CT molecular complexity index is 489. The van der Waals surface area contributed by atoms with Crippen LogP contribution < -0.4 is 0 Å². The van der Waals surface area contributed by atoms with Crippen LogP contribution in [0.15, 0.2) is 10.8 Å². The van der Waals surface area contributed by atoms with Crippen molar-refractivity contribution in [3.05, 3.63) is 21.9 Å². The number of carbonyl (C=O) groups is 1. The molecule has 0 unspecified atom stereocenters. The van der Waals surface area contributed by atoms with E-state index in [2.05, 4.69) is 0 Å². The molecule has 0 radical (unpaired) electrons. The number of rotatable bonds is 1. The first-order valence-electron chi connectivity index (χ1n) is 4.60. The Hall–Kier alpha value is -0.880. The summed E-state index contributed by atoms with van der Waals surface area (Å²) >= 11 is 1.41. The molecule has 1 aliphatic rings. The lowest BCUT2D eigenvalue weighted by Gasteiger charge is -2.14. The van der Waals surface area contributed by atoms with Crippen molar-refractivity contribution in [2.75, 3.05) is 12.3 Å². The fourth-order valence-electron chi connectivity index (χ4n) is 1.58. The summed E-state index contributed by atoms with van der Waals surface area (Å²) in [5, 5.41) is 3.54. The molecule has 82 valence electrons. The average Bonchev–Trinajstić information content (AvgIpc) is 2.70. The van der Waals surface area contributed by atoms with Crippen LogP contribution in [-0.4, -0.2) is 30.9 Å². The molecule has 1 aromatic rings. The zero-order valence-electron chi connectivity index (χ0n) is 8.26. The van der Waals surface area contributed by atoms with Gasteiger partial charge >= 0.3 is 0 Å². The van der Waals surface area contributed by atoms with Gasteiger partial charge in [-0.1, -0.05) is 0 Å². The number of hydrogen-bond donors (Lipinski definition) is 0. The lowest BCUT2D eigenvalue weighted by atomic mass is 10.2. The monoisotopic (exact) mass is 245 g/mol. The van der Waals surface area contributed by atoms with Crippen molar-refractivity contribution in [3.63, 3.8) is 0 Å². The molecule has 0 bridgehead atoms. The molecule has 1 aliphatic heterocycles. The van der Waals surface area contributed by atoms with Gasteiger partial charge in [0.25, 0.3) is 5.91 Å². The van der Waals surface area contributed by atoms with Crippen LogP contribution in [0.25, 0.3) is 0 Å². The molecule has 2 heterocycles. The van der Waals surface area contributed by atoms with E-state index in [1.54, 1.807) is 5.38 Å². The fourth-order valence-corrected chi connectivity index (χ4v) is 3.88. The minimum absolute atomic E-state index is 0.0852. The Morgan fingerprint density at radius 3 is 2.67 bits per heavy atom. The Morgan fingerprint density at radius 1 is 1.47 bits per heavy atom. The number of carbonyl (C=O) groups excluding carboxylic acids is 1. The second kappa shape index (κ2) is 3.61. The second-order valence-corrected chi connectivity index (χ2v) is 6.27. The molecule has 0 saturated carbocycles. The van der Waals surface area contributed by atoms with Crippen molar-refractivity contribution in [1.82, 2.24) is 4.31 Å². The first-order valence-corrected chi connectivity index (χ1v) is 7.15. The number of sulfonamides is 1. The summed E-state index contributed by atoms with van der Waals surface area (Å²) in [6.45, 7) is 2.13. The second-order valence-electron chi connectivity index (χ2n) is 3.52. The number of aryl methyl sites for hydroxylation is 1. The van der Waals surface area contributed by atoms with E-state index in [9.17, 15) is 13.2 Å². The molecule has 15 heavy (non-hydrogen) atoms. The van der Waals surface area contributed by atoms with Crippen molar-refractivity contribution >= 4 is 27.3 Å². The van der Waals surface area contributed by atoms with Gasteiger partial charge in [0.05, 0.1) is 11.3 Å². The van der Waals surface area contributed by atoms with Gasteiger partial charge in [0.2, 0.25) is 10.0 Å². The third-order valence-electron chi connectivity index (χ3n) is 2.41. The van der Waals surface area contributed by atoms with Gasteiger partial charge in [-0.25, -0.2) is 12.7 Å². The highest BCUT2D eigenvalue weighted by Crippen LogP contribution is 2.21. The average molecular weight is 245 g/mol. The van der Waals surface area contributed by atoms with Crippen molar-refractivity contribution < 1.29 is 13.2 Å². The topological polar surface area (TPSA) is 54.5 Å². The van der Waals surface area contributed by atoms with E-state index < -0.39 is 10.0 Å². The smallest absolute Gasteiger partial charge is 0.268 e. The van der Waals surface area contributed by atoms with E-state index in [4.69, 9.17) is 0 Å². The van der Waals surface area contributed by atoms with Crippen molar-refractivity contribution in [2.45, 2.75) is 13.3 Å². The van der Waals surface area contributed by atoms with E-state index >= 15 is 0 Å². The van der Waals surface area contributed by atoms with Gasteiger partial charge in [0.15, 0.2) is 0 Å². The van der Waals surface area contributed by atoms with Gasteiger partial charge in [-0.05, 0) is 24.3 Å². The first kappa shape index (κ1) is 10.6. The first-order chi connectivity index (χ1) is 7.02. The number of nitrogens with zero attached hydrogens (tertiary/aromatic N) is 1. The predicted octanol–water partition coefficient (Wildman–Crippen LogP) is 1.23. The van der Waals surface area contributed by atoms with Gasteiger partial charge < -0.3 is 0 Å². The maximum absolute atomic E-state index is 11.9. The molecule has 2 rings (SSSR count). The van der Waals surface area contributed by atoms with E-state index in [-0.39, 0.29) is 11.7 Å². The summed E-state index contributed by atoms with van der Waals surface area (Å²) in [4.78, 5) is 11.9. The van der Waals surface area contributed by atoms with Gasteiger partial charge in [0, 0.05) is 11.9 Å². The van der Waals surface area contributed by atoms with Crippen LogP contribution in [0, 0.1) is 6.92 Å². The zero-order valence-corrected chi connectivity index (χ0v) is 9.90. The maximum atomic E-state index is 11.9. The van der Waals surface area contributed by atoms with Crippen molar-refractivity contribution in [2.24, 2.45) is 0 Å². The Kier molecular flexibility index (Phi) is 2.56. The zero-order chi connectivity index (χ0) is 11.1. The molecule has 1 amide bonds. The molecule has 1 aromatic heterocycles. The lowest BCUT2D eigenvalue weighted by molar-refractivity contribution is 0.0870. The molecule has 1 fully saturated rings. The summed E-state index contributed by atoms with van der Waals surface area (Å²) in [6, 6.07) is 0. The van der Waals surface area contributed by atoms with Gasteiger partial charge in [-0.15, -0.1) is 0 Å². The fraction of sp³-hybridized carbons (Fsp3) is 0.444. The van der Waals surface area contributed by atoms with Crippen LogP contribution in [0.5, 0.6) is 0 Å². The Labute approximate surface area is 92.6 Å². The molecular weight excluding hydrogens is 234 g/mol. The lowest BCUT2D eigenvalue weighted by Crippen LogP contribution is -2.32. The van der Waals surface area contributed by atoms with Crippen LogP contribution in [0.1, 0.15) is 22.3 Å². The third-order valence-corrected chi connectivity index (χ3v) is 5.10. The van der Waals surface area contributed by atoms with Crippen LogP contribution in [0.4, 0.5) is 0 Å². The summed E-state index contributed by atoms with van der Waals surface area (Å²) in [5.41, 5.74) is 1.34. The van der Waals surface area contributed by atoms with Crippen LogP contribution in [0.3, 0.4) is 0 Å². The number of amides is 1. The molecule has 1 saturated heterocycles. The normalized spacial score (nSPS) is 19.4. The van der Waals surface area contributed by atoms with E-state index in [1.807, 2.05) is 12.3 Å². The maximum Gasteiger partial charge on any atom is 0.268 e. The highest BCUT2D eigenvalue weighted by atomic mass is 32.2. The quantitative estimate of drug-likeness (QED) is 0.748. The molecule has 4 nitrogen and oxygen atoms in total. The summed E-state index contributed by atoms with van der Waals surface area (Å²) in [7, 11) is -3.34. The van der Waals surface area contributed by atoms with E-state index in [0.717, 1.165) is 9.87 Å². The highest BCUT2D eigenvalue weighted by Gasteiger charge is 2.33. The Morgan fingerprint density at radius 2 is 2.20 bits per heavy atom. The number of hydrogen-bond acceptors (Lipinski definition) is 4. The van der Waals surface area contributed by atoms with Crippen molar-refractivity contribution in [1.29, 1.82) is 0 Å². The minimum Gasteiger partial charge on any atom is -0.268 e. The Balaban J connectivity index is 2.34. The highest BCUT2D eigenvalue weighted by molar-refractivity contribution is 7.89. The van der Waals surface area contributed by atoms with E-state index in [0.29, 0.717) is 18.5 Å². The largest absolute Gasteiger partial charge is 0.268 e. The third kappa shape index (κ3) is 1.79.